The van der Waals surface area contributed by atoms with Gasteiger partial charge in [-0.3, -0.25) is 4.79 Å². The van der Waals surface area contributed by atoms with Gasteiger partial charge in [0.1, 0.15) is 5.82 Å². The van der Waals surface area contributed by atoms with Gasteiger partial charge >= 0.3 is 0 Å². The molecule has 2 fully saturated rings. The lowest BCUT2D eigenvalue weighted by Crippen LogP contribution is -2.22. The number of rotatable bonds is 2. The van der Waals surface area contributed by atoms with Crippen LogP contribution in [0.4, 0.5) is 5.82 Å². The van der Waals surface area contributed by atoms with Crippen molar-refractivity contribution in [2.24, 2.45) is 17.8 Å². The van der Waals surface area contributed by atoms with E-state index < -0.39 is 0 Å². The average molecular weight is 238 g/mol. The van der Waals surface area contributed by atoms with Gasteiger partial charge in [-0.15, -0.1) is 0 Å². The summed E-state index contributed by atoms with van der Waals surface area (Å²) in [5, 5.41) is 2.95. The number of nitrogens with zero attached hydrogens (tertiary/aromatic N) is 2. The number of aromatic nitrogens is 2. The first kappa shape index (κ1) is 10.0. The maximum absolute atomic E-state index is 11.9. The fourth-order valence-electron chi connectivity index (χ4n) is 2.56. The Morgan fingerprint density at radius 1 is 1.38 bits per heavy atom. The standard InChI is InChI=1S/C11H12ClN3O/c12-11-13-2-1-9(15-11)14-10(16)8-4-6-3-7(6)5-8/h1-2,6-8H,3-5H2,(H,13,14,15,16). The monoisotopic (exact) mass is 237 g/mol. The van der Waals surface area contributed by atoms with E-state index >= 15 is 0 Å². The lowest BCUT2D eigenvalue weighted by atomic mass is 10.0. The zero-order valence-corrected chi connectivity index (χ0v) is 9.44. The quantitative estimate of drug-likeness (QED) is 0.802. The molecule has 4 nitrogen and oxygen atoms in total. The average Bonchev–Trinajstić information content (AvgIpc) is 2.86. The topological polar surface area (TPSA) is 54.9 Å². The van der Waals surface area contributed by atoms with Gasteiger partial charge in [0.25, 0.3) is 0 Å². The Bertz CT molecular complexity index is 427. The summed E-state index contributed by atoms with van der Waals surface area (Å²) in [6.45, 7) is 0. The molecule has 1 N–H and O–H groups in total. The van der Waals surface area contributed by atoms with Gasteiger partial charge in [0.2, 0.25) is 11.2 Å². The maximum atomic E-state index is 11.9. The largest absolute Gasteiger partial charge is 0.310 e. The molecule has 1 heterocycles. The van der Waals surface area contributed by atoms with Crippen LogP contribution in [0.1, 0.15) is 19.3 Å². The summed E-state index contributed by atoms with van der Waals surface area (Å²) in [4.78, 5) is 19.6. The van der Waals surface area contributed by atoms with Crippen molar-refractivity contribution in [2.75, 3.05) is 5.32 Å². The summed E-state index contributed by atoms with van der Waals surface area (Å²) >= 11 is 5.64. The molecule has 1 amide bonds. The summed E-state index contributed by atoms with van der Waals surface area (Å²) in [5.41, 5.74) is 0. The van der Waals surface area contributed by atoms with E-state index in [-0.39, 0.29) is 17.1 Å². The molecule has 2 aliphatic rings. The van der Waals surface area contributed by atoms with Gasteiger partial charge in [0.05, 0.1) is 0 Å². The lowest BCUT2D eigenvalue weighted by molar-refractivity contribution is -0.120. The van der Waals surface area contributed by atoms with Gasteiger partial charge in [0, 0.05) is 12.1 Å². The smallest absolute Gasteiger partial charge is 0.228 e. The van der Waals surface area contributed by atoms with Crippen molar-refractivity contribution < 1.29 is 4.79 Å². The summed E-state index contributed by atoms with van der Waals surface area (Å²) in [6, 6.07) is 1.65. The van der Waals surface area contributed by atoms with Crippen LogP contribution in [0.15, 0.2) is 12.3 Å². The first-order valence-corrected chi connectivity index (χ1v) is 5.89. The molecule has 84 valence electrons. The first-order chi connectivity index (χ1) is 7.72. The summed E-state index contributed by atoms with van der Waals surface area (Å²) in [5.74, 6) is 2.35. The van der Waals surface area contributed by atoms with Crippen molar-refractivity contribution >= 4 is 23.3 Å². The van der Waals surface area contributed by atoms with Crippen molar-refractivity contribution in [3.8, 4) is 0 Å². The van der Waals surface area contributed by atoms with Crippen LogP contribution in [0.2, 0.25) is 5.28 Å². The lowest BCUT2D eigenvalue weighted by Gasteiger charge is -2.11. The molecule has 1 aromatic rings. The van der Waals surface area contributed by atoms with Crippen LogP contribution in [0.25, 0.3) is 0 Å². The van der Waals surface area contributed by atoms with Gasteiger partial charge < -0.3 is 5.32 Å². The molecule has 0 spiro atoms. The van der Waals surface area contributed by atoms with E-state index in [1.807, 2.05) is 0 Å². The van der Waals surface area contributed by atoms with Crippen molar-refractivity contribution in [1.82, 2.24) is 9.97 Å². The highest BCUT2D eigenvalue weighted by molar-refractivity contribution is 6.28. The third-order valence-corrected chi connectivity index (χ3v) is 3.67. The molecule has 0 aliphatic heterocycles. The molecule has 16 heavy (non-hydrogen) atoms. The fourth-order valence-corrected chi connectivity index (χ4v) is 2.71. The summed E-state index contributed by atoms with van der Waals surface area (Å²) in [7, 11) is 0. The number of amides is 1. The van der Waals surface area contributed by atoms with Gasteiger partial charge in [-0.05, 0) is 48.8 Å². The molecule has 2 unspecified atom stereocenters. The summed E-state index contributed by atoms with van der Waals surface area (Å²) < 4.78 is 0. The SMILES string of the molecule is O=C(Nc1ccnc(Cl)n1)C1CC2CC2C1. The third-order valence-electron chi connectivity index (χ3n) is 3.49. The number of nitrogens with one attached hydrogen (secondary N) is 1. The third kappa shape index (κ3) is 1.89. The maximum Gasteiger partial charge on any atom is 0.228 e. The van der Waals surface area contributed by atoms with E-state index in [0.29, 0.717) is 5.82 Å². The molecule has 0 bridgehead atoms. The van der Waals surface area contributed by atoms with Gasteiger partial charge in [-0.1, -0.05) is 0 Å². The minimum Gasteiger partial charge on any atom is -0.310 e. The van der Waals surface area contributed by atoms with Crippen LogP contribution in [0, 0.1) is 17.8 Å². The first-order valence-electron chi connectivity index (χ1n) is 5.52. The zero-order valence-electron chi connectivity index (χ0n) is 8.69. The van der Waals surface area contributed by atoms with Crippen LogP contribution in [-0.4, -0.2) is 15.9 Å². The highest BCUT2D eigenvalue weighted by Crippen LogP contribution is 2.54. The number of hydrogen-bond donors (Lipinski definition) is 1. The Hall–Kier alpha value is -1.16. The second kappa shape index (κ2) is 3.70. The highest BCUT2D eigenvalue weighted by Gasteiger charge is 2.47. The van der Waals surface area contributed by atoms with E-state index in [1.165, 1.54) is 12.6 Å². The Morgan fingerprint density at radius 3 is 2.81 bits per heavy atom. The second-order valence-corrected chi connectivity index (χ2v) is 4.96. The molecule has 1 aromatic heterocycles. The Kier molecular flexibility index (Phi) is 2.32. The molecule has 0 saturated heterocycles. The van der Waals surface area contributed by atoms with Crippen molar-refractivity contribution in [3.05, 3.63) is 17.5 Å². The number of anilines is 1. The molecule has 2 atom stereocenters. The van der Waals surface area contributed by atoms with E-state index in [4.69, 9.17) is 11.6 Å². The number of fused-ring (bicyclic) bond motifs is 1. The Labute approximate surface area is 98.4 Å². The fraction of sp³-hybridized carbons (Fsp3) is 0.545. The van der Waals surface area contributed by atoms with Gasteiger partial charge in [0.15, 0.2) is 0 Å². The van der Waals surface area contributed by atoms with E-state index in [2.05, 4.69) is 15.3 Å². The van der Waals surface area contributed by atoms with Gasteiger partial charge in [-0.25, -0.2) is 9.97 Å². The molecule has 3 rings (SSSR count). The minimum atomic E-state index is 0.0713. The number of carbonyl (C=O) groups excluding carboxylic acids is 1. The van der Waals surface area contributed by atoms with Gasteiger partial charge in [-0.2, -0.15) is 0 Å². The Morgan fingerprint density at radius 2 is 2.12 bits per heavy atom. The van der Waals surface area contributed by atoms with E-state index in [0.717, 1.165) is 24.7 Å². The van der Waals surface area contributed by atoms with Crippen molar-refractivity contribution in [2.45, 2.75) is 19.3 Å². The van der Waals surface area contributed by atoms with E-state index in [1.54, 1.807) is 6.07 Å². The molecular weight excluding hydrogens is 226 g/mol. The van der Waals surface area contributed by atoms with Crippen molar-refractivity contribution in [3.63, 3.8) is 0 Å². The van der Waals surface area contributed by atoms with Crippen LogP contribution in [-0.2, 0) is 4.79 Å². The predicted octanol–water partition coefficient (Wildman–Crippen LogP) is 2.11. The summed E-state index contributed by atoms with van der Waals surface area (Å²) in [6.07, 6.45) is 4.94. The molecule has 0 radical (unpaired) electrons. The van der Waals surface area contributed by atoms with E-state index in [9.17, 15) is 4.79 Å². The van der Waals surface area contributed by atoms with Crippen LogP contribution in [0.3, 0.4) is 0 Å². The molecule has 2 saturated carbocycles. The predicted molar refractivity (Wildman–Crippen MR) is 60.0 cm³/mol. The Balaban J connectivity index is 1.64. The molecular formula is C11H12ClN3O. The molecule has 0 aromatic carbocycles. The van der Waals surface area contributed by atoms with Crippen molar-refractivity contribution in [1.29, 1.82) is 0 Å². The second-order valence-electron chi connectivity index (χ2n) is 4.62. The van der Waals surface area contributed by atoms with Crippen LogP contribution in [0.5, 0.6) is 0 Å². The highest BCUT2D eigenvalue weighted by atomic mass is 35.5. The number of hydrogen-bond acceptors (Lipinski definition) is 3. The molecule has 5 heteroatoms. The normalized spacial score (nSPS) is 30.9. The van der Waals surface area contributed by atoms with Crippen LogP contribution < -0.4 is 5.32 Å². The minimum absolute atomic E-state index is 0.0713. The zero-order chi connectivity index (χ0) is 11.1. The number of carbonyl (C=O) groups is 1. The van der Waals surface area contributed by atoms with Crippen LogP contribution >= 0.6 is 11.6 Å². The number of halogens is 1. The molecule has 2 aliphatic carbocycles.